The summed E-state index contributed by atoms with van der Waals surface area (Å²) in [6.07, 6.45) is 0.696. The van der Waals surface area contributed by atoms with Crippen LogP contribution < -0.4 is 0 Å². The van der Waals surface area contributed by atoms with Crippen LogP contribution in [0.2, 0.25) is 0 Å². The highest BCUT2D eigenvalue weighted by Gasteiger charge is 2.10. The average Bonchev–Trinajstić information content (AvgIpc) is 2.31. The van der Waals surface area contributed by atoms with Gasteiger partial charge in [-0.2, -0.15) is 0 Å². The van der Waals surface area contributed by atoms with Gasteiger partial charge >= 0.3 is 5.97 Å². The summed E-state index contributed by atoms with van der Waals surface area (Å²) in [5.41, 5.74) is 2.48. The zero-order valence-corrected chi connectivity index (χ0v) is 10.6. The van der Waals surface area contributed by atoms with Crippen molar-refractivity contribution in [1.82, 2.24) is 0 Å². The lowest BCUT2D eigenvalue weighted by molar-refractivity contribution is -0.142. The van der Waals surface area contributed by atoms with Crippen LogP contribution in [0.25, 0.3) is 0 Å². The number of benzene rings is 1. The summed E-state index contributed by atoms with van der Waals surface area (Å²) in [5, 5.41) is 0. The Kier molecular flexibility index (Phi) is 4.88. The van der Waals surface area contributed by atoms with Gasteiger partial charge in [-0.15, -0.1) is 0 Å². The van der Waals surface area contributed by atoms with Crippen LogP contribution in [0.15, 0.2) is 18.2 Å². The third-order valence-electron chi connectivity index (χ3n) is 2.58. The van der Waals surface area contributed by atoms with Crippen molar-refractivity contribution in [3.05, 3.63) is 34.9 Å². The van der Waals surface area contributed by atoms with Crippen LogP contribution in [0.4, 0.5) is 0 Å². The maximum atomic E-state index is 11.7. The minimum Gasteiger partial charge on any atom is -0.466 e. The molecule has 0 unspecified atom stereocenters. The first-order chi connectivity index (χ1) is 8.08. The second-order valence-corrected chi connectivity index (χ2v) is 3.91. The van der Waals surface area contributed by atoms with E-state index in [1.807, 2.05) is 26.0 Å². The molecule has 0 N–H and O–H groups in total. The molecule has 0 radical (unpaired) electrons. The molecule has 0 amide bonds. The molecule has 0 aliphatic rings. The summed E-state index contributed by atoms with van der Waals surface area (Å²) < 4.78 is 4.88. The first-order valence-corrected chi connectivity index (χ1v) is 5.86. The van der Waals surface area contributed by atoms with Crippen LogP contribution in [0.5, 0.6) is 0 Å². The Labute approximate surface area is 102 Å². The van der Waals surface area contributed by atoms with E-state index >= 15 is 0 Å². The molecule has 17 heavy (non-hydrogen) atoms. The van der Waals surface area contributed by atoms with Crippen LogP contribution >= 0.6 is 0 Å². The summed E-state index contributed by atoms with van der Waals surface area (Å²) >= 11 is 0. The highest BCUT2D eigenvalue weighted by molar-refractivity contribution is 5.97. The minimum atomic E-state index is -0.258. The van der Waals surface area contributed by atoms with E-state index in [9.17, 15) is 9.59 Å². The highest BCUT2D eigenvalue weighted by atomic mass is 16.5. The Morgan fingerprint density at radius 1 is 1.24 bits per heavy atom. The molecule has 0 saturated carbocycles. The van der Waals surface area contributed by atoms with E-state index in [0.29, 0.717) is 18.6 Å². The van der Waals surface area contributed by atoms with Crippen LogP contribution in [-0.2, 0) is 16.0 Å². The zero-order valence-electron chi connectivity index (χ0n) is 10.6. The van der Waals surface area contributed by atoms with Crippen LogP contribution in [0, 0.1) is 6.92 Å². The number of carbonyl (C=O) groups is 2. The quantitative estimate of drug-likeness (QED) is 0.581. The molecule has 0 bridgehead atoms. The summed E-state index contributed by atoms with van der Waals surface area (Å²) in [7, 11) is 0. The van der Waals surface area contributed by atoms with Gasteiger partial charge < -0.3 is 4.74 Å². The molecule has 0 heterocycles. The Hall–Kier alpha value is -1.64. The monoisotopic (exact) mass is 234 g/mol. The molecule has 0 aliphatic carbocycles. The Balaban J connectivity index is 2.89. The number of hydrogen-bond donors (Lipinski definition) is 0. The van der Waals surface area contributed by atoms with Crippen molar-refractivity contribution in [3.8, 4) is 0 Å². The minimum absolute atomic E-state index is 0.105. The van der Waals surface area contributed by atoms with E-state index in [2.05, 4.69) is 0 Å². The van der Waals surface area contributed by atoms with Gasteiger partial charge in [-0.25, -0.2) is 0 Å². The van der Waals surface area contributed by atoms with Gasteiger partial charge in [0.05, 0.1) is 13.0 Å². The third kappa shape index (κ3) is 3.70. The van der Waals surface area contributed by atoms with E-state index in [1.165, 1.54) is 0 Å². The normalized spacial score (nSPS) is 10.1. The number of Topliss-reactive ketones (excluding diaryl/α,β-unsaturated/α-hetero) is 1. The van der Waals surface area contributed by atoms with E-state index in [0.717, 1.165) is 11.1 Å². The fourth-order valence-electron chi connectivity index (χ4n) is 1.65. The van der Waals surface area contributed by atoms with E-state index in [1.54, 1.807) is 13.0 Å². The fourth-order valence-corrected chi connectivity index (χ4v) is 1.65. The lowest BCUT2D eigenvalue weighted by Crippen LogP contribution is -2.09. The van der Waals surface area contributed by atoms with Gasteiger partial charge in [-0.05, 0) is 31.0 Å². The predicted molar refractivity (Wildman–Crippen MR) is 66.1 cm³/mol. The van der Waals surface area contributed by atoms with Crippen LogP contribution in [0.1, 0.15) is 41.8 Å². The van der Waals surface area contributed by atoms with Crippen molar-refractivity contribution >= 4 is 11.8 Å². The standard InChI is InChI=1S/C14H18O3/c1-4-13(15)12-8-11(7-6-10(12)3)9-14(16)17-5-2/h6-8H,4-5,9H2,1-3H3. The first kappa shape index (κ1) is 13.4. The highest BCUT2D eigenvalue weighted by Crippen LogP contribution is 2.14. The molecule has 3 heteroatoms. The van der Waals surface area contributed by atoms with Crippen molar-refractivity contribution in [2.24, 2.45) is 0 Å². The molecule has 0 aliphatic heterocycles. The molecule has 92 valence electrons. The van der Waals surface area contributed by atoms with Crippen molar-refractivity contribution < 1.29 is 14.3 Å². The maximum Gasteiger partial charge on any atom is 0.310 e. The molecule has 1 aromatic carbocycles. The summed E-state index contributed by atoms with van der Waals surface area (Å²) in [6.45, 7) is 5.89. The number of hydrogen-bond acceptors (Lipinski definition) is 3. The van der Waals surface area contributed by atoms with Gasteiger partial charge in [-0.1, -0.05) is 19.1 Å². The summed E-state index contributed by atoms with van der Waals surface area (Å²) in [5.74, 6) is -0.153. The zero-order chi connectivity index (χ0) is 12.8. The topological polar surface area (TPSA) is 43.4 Å². The van der Waals surface area contributed by atoms with Crippen LogP contribution in [-0.4, -0.2) is 18.4 Å². The lowest BCUT2D eigenvalue weighted by Gasteiger charge is -2.07. The number of ketones is 1. The second kappa shape index (κ2) is 6.18. The van der Waals surface area contributed by atoms with Crippen molar-refractivity contribution in [2.75, 3.05) is 6.61 Å². The van der Waals surface area contributed by atoms with Gasteiger partial charge in [0.1, 0.15) is 0 Å². The van der Waals surface area contributed by atoms with Gasteiger partial charge in [0.2, 0.25) is 0 Å². The molecule has 1 aromatic rings. The summed E-state index contributed by atoms with van der Waals surface area (Å²) in [4.78, 5) is 23.0. The second-order valence-electron chi connectivity index (χ2n) is 3.91. The van der Waals surface area contributed by atoms with E-state index in [4.69, 9.17) is 4.74 Å². The van der Waals surface area contributed by atoms with Gasteiger partial charge in [0.15, 0.2) is 5.78 Å². The van der Waals surface area contributed by atoms with E-state index < -0.39 is 0 Å². The molecule has 0 aromatic heterocycles. The smallest absolute Gasteiger partial charge is 0.310 e. The average molecular weight is 234 g/mol. The Morgan fingerprint density at radius 3 is 2.53 bits per heavy atom. The molecule has 0 spiro atoms. The molecule has 3 nitrogen and oxygen atoms in total. The number of esters is 1. The van der Waals surface area contributed by atoms with Gasteiger partial charge in [-0.3, -0.25) is 9.59 Å². The predicted octanol–water partition coefficient (Wildman–Crippen LogP) is 2.69. The molecule has 1 rings (SSSR count). The number of carbonyl (C=O) groups excluding carboxylic acids is 2. The third-order valence-corrected chi connectivity index (χ3v) is 2.58. The number of aryl methyl sites for hydroxylation is 1. The van der Waals surface area contributed by atoms with E-state index in [-0.39, 0.29) is 18.2 Å². The molecule has 0 atom stereocenters. The molecule has 0 fully saturated rings. The van der Waals surface area contributed by atoms with Crippen LogP contribution in [0.3, 0.4) is 0 Å². The number of rotatable bonds is 5. The molecule has 0 saturated heterocycles. The van der Waals surface area contributed by atoms with Gasteiger partial charge in [0.25, 0.3) is 0 Å². The Bertz CT molecular complexity index is 421. The molecular weight excluding hydrogens is 216 g/mol. The van der Waals surface area contributed by atoms with Crippen molar-refractivity contribution in [1.29, 1.82) is 0 Å². The number of ether oxygens (including phenoxy) is 1. The Morgan fingerprint density at radius 2 is 1.94 bits per heavy atom. The summed E-state index contributed by atoms with van der Waals surface area (Å²) in [6, 6.07) is 5.52. The SMILES string of the molecule is CCOC(=O)Cc1ccc(C)c(C(=O)CC)c1. The maximum absolute atomic E-state index is 11.7. The van der Waals surface area contributed by atoms with Crippen molar-refractivity contribution in [2.45, 2.75) is 33.6 Å². The molecular formula is C14H18O3. The first-order valence-electron chi connectivity index (χ1n) is 5.86. The fraction of sp³-hybridized carbons (Fsp3) is 0.429. The van der Waals surface area contributed by atoms with Crippen molar-refractivity contribution in [3.63, 3.8) is 0 Å². The lowest BCUT2D eigenvalue weighted by atomic mass is 9.99. The largest absolute Gasteiger partial charge is 0.466 e. The van der Waals surface area contributed by atoms with Gasteiger partial charge in [0, 0.05) is 12.0 Å².